The molecule has 6 heteroatoms. The molecule has 0 bridgehead atoms. The van der Waals surface area contributed by atoms with E-state index in [0.29, 0.717) is 0 Å². The lowest BCUT2D eigenvalue weighted by atomic mass is 9.98. The van der Waals surface area contributed by atoms with E-state index in [0.717, 1.165) is 50.6 Å². The summed E-state index contributed by atoms with van der Waals surface area (Å²) in [6, 6.07) is 6.04. The number of hydrogen-bond donors (Lipinski definition) is 0. The Morgan fingerprint density at radius 3 is 2.24 bits per heavy atom. The number of nitrogens with zero attached hydrogens (tertiary/aromatic N) is 2. The Kier molecular flexibility index (Phi) is 6.67. The number of piperazine rings is 1. The first-order valence-corrected chi connectivity index (χ1v) is 8.74. The summed E-state index contributed by atoms with van der Waals surface area (Å²) in [5.41, 5.74) is 0.754. The van der Waals surface area contributed by atoms with Crippen molar-refractivity contribution in [1.82, 2.24) is 9.96 Å². The molecule has 1 aromatic rings. The molecule has 1 aliphatic rings. The minimum Gasteiger partial charge on any atom is -0.493 e. The zero-order chi connectivity index (χ0) is 18.4. The van der Waals surface area contributed by atoms with Gasteiger partial charge in [-0.05, 0) is 44.9 Å². The smallest absolute Gasteiger partial charge is 0.330 e. The maximum absolute atomic E-state index is 11.9. The molecule has 1 fully saturated rings. The standard InChI is InChI=1S/C19H30N2O4/c1-19(2,3)18(22)25-21-12-10-20(11-13-21)9-8-15-6-7-16(23-4)17(14-15)24-5/h6-7,14H,8-13H2,1-5H3. The number of benzene rings is 1. The normalized spacial score (nSPS) is 16.5. The summed E-state index contributed by atoms with van der Waals surface area (Å²) < 4.78 is 10.6. The van der Waals surface area contributed by atoms with Crippen LogP contribution in [-0.4, -0.2) is 62.9 Å². The van der Waals surface area contributed by atoms with Gasteiger partial charge in [-0.1, -0.05) is 6.07 Å². The van der Waals surface area contributed by atoms with Gasteiger partial charge in [0.05, 0.1) is 19.6 Å². The monoisotopic (exact) mass is 350 g/mol. The van der Waals surface area contributed by atoms with Gasteiger partial charge in [0.1, 0.15) is 0 Å². The van der Waals surface area contributed by atoms with Crippen LogP contribution in [-0.2, 0) is 16.1 Å². The Balaban J connectivity index is 1.78. The highest BCUT2D eigenvalue weighted by atomic mass is 16.7. The summed E-state index contributed by atoms with van der Waals surface area (Å²) in [5, 5.41) is 1.78. The summed E-state index contributed by atoms with van der Waals surface area (Å²) in [4.78, 5) is 19.8. The van der Waals surface area contributed by atoms with Crippen molar-refractivity contribution in [1.29, 1.82) is 0 Å². The molecule has 0 aliphatic carbocycles. The minimum absolute atomic E-state index is 0.175. The van der Waals surface area contributed by atoms with Crippen molar-refractivity contribution in [3.8, 4) is 11.5 Å². The van der Waals surface area contributed by atoms with Gasteiger partial charge in [-0.3, -0.25) is 0 Å². The third-order valence-corrected chi connectivity index (χ3v) is 4.32. The van der Waals surface area contributed by atoms with Crippen LogP contribution in [0.2, 0.25) is 0 Å². The first-order valence-electron chi connectivity index (χ1n) is 8.74. The number of rotatable bonds is 6. The number of hydrogen-bond acceptors (Lipinski definition) is 6. The van der Waals surface area contributed by atoms with Crippen molar-refractivity contribution in [3.05, 3.63) is 23.8 Å². The van der Waals surface area contributed by atoms with Gasteiger partial charge < -0.3 is 19.2 Å². The summed E-state index contributed by atoms with van der Waals surface area (Å²) >= 11 is 0. The molecule has 1 heterocycles. The largest absolute Gasteiger partial charge is 0.493 e. The Bertz CT molecular complexity index is 575. The summed E-state index contributed by atoms with van der Waals surface area (Å²) in [6.45, 7) is 9.85. The van der Waals surface area contributed by atoms with Crippen molar-refractivity contribution in [3.63, 3.8) is 0 Å². The van der Waals surface area contributed by atoms with Crippen molar-refractivity contribution >= 4 is 5.97 Å². The van der Waals surface area contributed by atoms with Crippen LogP contribution in [0.5, 0.6) is 11.5 Å². The van der Waals surface area contributed by atoms with E-state index in [1.54, 1.807) is 19.3 Å². The zero-order valence-corrected chi connectivity index (χ0v) is 16.0. The van der Waals surface area contributed by atoms with E-state index < -0.39 is 5.41 Å². The van der Waals surface area contributed by atoms with Gasteiger partial charge >= 0.3 is 5.97 Å². The van der Waals surface area contributed by atoms with Crippen LogP contribution >= 0.6 is 0 Å². The predicted octanol–water partition coefficient (Wildman–Crippen LogP) is 2.37. The second kappa shape index (κ2) is 8.54. The fourth-order valence-corrected chi connectivity index (χ4v) is 2.62. The molecule has 0 spiro atoms. The highest BCUT2D eigenvalue weighted by Crippen LogP contribution is 2.27. The average molecular weight is 350 g/mol. The minimum atomic E-state index is -0.468. The number of ether oxygens (including phenoxy) is 2. The maximum Gasteiger partial charge on any atom is 0.330 e. The molecule has 0 amide bonds. The molecule has 6 nitrogen and oxygen atoms in total. The predicted molar refractivity (Wildman–Crippen MR) is 96.8 cm³/mol. The zero-order valence-electron chi connectivity index (χ0n) is 16.0. The molecule has 1 saturated heterocycles. The Hall–Kier alpha value is -1.79. The molecule has 0 unspecified atom stereocenters. The lowest BCUT2D eigenvalue weighted by molar-refractivity contribution is -0.206. The Labute approximate surface area is 150 Å². The third-order valence-electron chi connectivity index (χ3n) is 4.32. The first-order chi connectivity index (χ1) is 11.8. The van der Waals surface area contributed by atoms with Crippen LogP contribution in [0.25, 0.3) is 0 Å². The molecule has 2 rings (SSSR count). The lowest BCUT2D eigenvalue weighted by Gasteiger charge is -2.34. The van der Waals surface area contributed by atoms with E-state index in [1.165, 1.54) is 5.56 Å². The van der Waals surface area contributed by atoms with E-state index >= 15 is 0 Å². The third kappa shape index (κ3) is 5.61. The average Bonchev–Trinajstić information content (AvgIpc) is 2.60. The van der Waals surface area contributed by atoms with Crippen molar-refractivity contribution < 1.29 is 19.1 Å². The molecule has 140 valence electrons. The second-order valence-electron chi connectivity index (χ2n) is 7.34. The van der Waals surface area contributed by atoms with Gasteiger partial charge in [-0.15, -0.1) is 5.06 Å². The van der Waals surface area contributed by atoms with E-state index in [-0.39, 0.29) is 5.97 Å². The van der Waals surface area contributed by atoms with Crippen molar-refractivity contribution in [2.75, 3.05) is 46.9 Å². The second-order valence-corrected chi connectivity index (χ2v) is 7.34. The highest BCUT2D eigenvalue weighted by Gasteiger charge is 2.27. The van der Waals surface area contributed by atoms with Gasteiger partial charge in [0.15, 0.2) is 11.5 Å². The number of carbonyl (C=O) groups is 1. The van der Waals surface area contributed by atoms with E-state index in [1.807, 2.05) is 32.9 Å². The summed E-state index contributed by atoms with van der Waals surface area (Å²) in [6.07, 6.45) is 0.947. The first kappa shape index (κ1) is 19.5. The molecule has 0 saturated carbocycles. The van der Waals surface area contributed by atoms with Crippen LogP contribution < -0.4 is 9.47 Å². The number of hydroxylamine groups is 2. The topological polar surface area (TPSA) is 51.2 Å². The summed E-state index contributed by atoms with van der Waals surface area (Å²) in [7, 11) is 3.29. The van der Waals surface area contributed by atoms with Crippen molar-refractivity contribution in [2.24, 2.45) is 5.41 Å². The summed E-state index contributed by atoms with van der Waals surface area (Å²) in [5.74, 6) is 1.34. The SMILES string of the molecule is COc1ccc(CCN2CCN(OC(=O)C(C)(C)C)CC2)cc1OC. The lowest BCUT2D eigenvalue weighted by Crippen LogP contribution is -2.48. The highest BCUT2D eigenvalue weighted by molar-refractivity contribution is 5.75. The molecule has 0 atom stereocenters. The number of methoxy groups -OCH3 is 2. The van der Waals surface area contributed by atoms with Crippen LogP contribution in [0.3, 0.4) is 0 Å². The van der Waals surface area contributed by atoms with Gasteiger partial charge in [0, 0.05) is 32.7 Å². The molecule has 0 aromatic heterocycles. The van der Waals surface area contributed by atoms with Crippen LogP contribution in [0.1, 0.15) is 26.3 Å². The van der Waals surface area contributed by atoms with Crippen molar-refractivity contribution in [2.45, 2.75) is 27.2 Å². The van der Waals surface area contributed by atoms with E-state index in [2.05, 4.69) is 11.0 Å². The van der Waals surface area contributed by atoms with E-state index in [9.17, 15) is 4.79 Å². The van der Waals surface area contributed by atoms with Gasteiger partial charge in [-0.2, -0.15) is 0 Å². The van der Waals surface area contributed by atoms with Gasteiger partial charge in [-0.25, -0.2) is 4.79 Å². The molecule has 25 heavy (non-hydrogen) atoms. The quantitative estimate of drug-likeness (QED) is 0.785. The fourth-order valence-electron chi connectivity index (χ4n) is 2.62. The Morgan fingerprint density at radius 1 is 1.04 bits per heavy atom. The maximum atomic E-state index is 11.9. The Morgan fingerprint density at radius 2 is 1.68 bits per heavy atom. The molecular formula is C19H30N2O4. The van der Waals surface area contributed by atoms with Gasteiger partial charge in [0.2, 0.25) is 0 Å². The molecular weight excluding hydrogens is 320 g/mol. The van der Waals surface area contributed by atoms with Gasteiger partial charge in [0.25, 0.3) is 0 Å². The molecule has 0 N–H and O–H groups in total. The molecule has 0 radical (unpaired) electrons. The number of carbonyl (C=O) groups excluding carboxylic acids is 1. The van der Waals surface area contributed by atoms with E-state index in [4.69, 9.17) is 14.3 Å². The molecule has 1 aromatic carbocycles. The fraction of sp³-hybridized carbons (Fsp3) is 0.632. The van der Waals surface area contributed by atoms with Crippen LogP contribution in [0.15, 0.2) is 18.2 Å². The molecule has 1 aliphatic heterocycles. The van der Waals surface area contributed by atoms with Crippen LogP contribution in [0, 0.1) is 5.41 Å². The van der Waals surface area contributed by atoms with Crippen LogP contribution in [0.4, 0.5) is 0 Å².